The molecule has 0 aliphatic rings. The Balaban J connectivity index is 1.78. The molecule has 0 unspecified atom stereocenters. The first-order valence-corrected chi connectivity index (χ1v) is 9.88. The Morgan fingerprint density at radius 1 is 1.15 bits per heavy atom. The Morgan fingerprint density at radius 3 is 2.54 bits per heavy atom. The van der Waals surface area contributed by atoms with E-state index in [1.54, 1.807) is 24.3 Å². The van der Waals surface area contributed by atoms with E-state index in [4.69, 9.17) is 16.6 Å². The lowest BCUT2D eigenvalue weighted by Gasteiger charge is -2.15. The summed E-state index contributed by atoms with van der Waals surface area (Å²) in [5, 5.41) is 4.18. The molecule has 0 bridgehead atoms. The van der Waals surface area contributed by atoms with E-state index in [0.29, 0.717) is 10.9 Å². The number of nitrogens with zero attached hydrogens (tertiary/aromatic N) is 2. The van der Waals surface area contributed by atoms with Crippen LogP contribution in [0.25, 0.3) is 11.0 Å². The number of fused-ring (bicyclic) bond motifs is 1. The number of imidazole rings is 1. The molecule has 1 aromatic heterocycles. The van der Waals surface area contributed by atoms with Gasteiger partial charge in [0.2, 0.25) is 5.91 Å². The molecule has 0 radical (unpaired) electrons. The lowest BCUT2D eigenvalue weighted by molar-refractivity contribution is -0.115. The van der Waals surface area contributed by atoms with Gasteiger partial charge in [0.05, 0.1) is 16.3 Å². The molecule has 4 nitrogen and oxygen atoms in total. The SMILES string of the molecule is CC(C)Cn1c(S[C@@H](C)C(=O)Nc2ccc(Cl)cc2)nc2ccccc21. The molecule has 1 N–H and O–H groups in total. The lowest BCUT2D eigenvalue weighted by Crippen LogP contribution is -2.23. The summed E-state index contributed by atoms with van der Waals surface area (Å²) < 4.78 is 2.21. The normalized spacial score (nSPS) is 12.5. The van der Waals surface area contributed by atoms with Crippen LogP contribution in [0.1, 0.15) is 20.8 Å². The summed E-state index contributed by atoms with van der Waals surface area (Å²) in [5.74, 6) is 0.436. The molecule has 1 atom stereocenters. The van der Waals surface area contributed by atoms with Gasteiger partial charge in [-0.1, -0.05) is 49.3 Å². The number of hydrogen-bond acceptors (Lipinski definition) is 3. The van der Waals surface area contributed by atoms with Crippen LogP contribution in [0.5, 0.6) is 0 Å². The van der Waals surface area contributed by atoms with Gasteiger partial charge in [-0.2, -0.15) is 0 Å². The molecule has 26 heavy (non-hydrogen) atoms. The van der Waals surface area contributed by atoms with Gasteiger partial charge in [-0.05, 0) is 49.2 Å². The number of rotatable bonds is 6. The van der Waals surface area contributed by atoms with Crippen LogP contribution in [-0.2, 0) is 11.3 Å². The molecule has 0 fully saturated rings. The fourth-order valence-electron chi connectivity index (χ4n) is 2.67. The van der Waals surface area contributed by atoms with E-state index in [2.05, 4.69) is 29.8 Å². The summed E-state index contributed by atoms with van der Waals surface area (Å²) in [6, 6.07) is 15.2. The molecule has 3 aromatic rings. The number of halogens is 1. The third kappa shape index (κ3) is 4.40. The molecular formula is C20H22ClN3OS. The van der Waals surface area contributed by atoms with Gasteiger partial charge in [0, 0.05) is 17.3 Å². The van der Waals surface area contributed by atoms with Gasteiger partial charge < -0.3 is 9.88 Å². The van der Waals surface area contributed by atoms with Crippen molar-refractivity contribution < 1.29 is 4.79 Å². The molecule has 2 aromatic carbocycles. The average molecular weight is 388 g/mol. The zero-order valence-electron chi connectivity index (χ0n) is 15.1. The zero-order chi connectivity index (χ0) is 18.7. The van der Waals surface area contributed by atoms with Gasteiger partial charge in [-0.25, -0.2) is 4.98 Å². The number of para-hydroxylation sites is 2. The quantitative estimate of drug-likeness (QED) is 0.571. The van der Waals surface area contributed by atoms with Gasteiger partial charge in [0.25, 0.3) is 0 Å². The molecule has 0 spiro atoms. The maximum atomic E-state index is 12.5. The van der Waals surface area contributed by atoms with Crippen LogP contribution >= 0.6 is 23.4 Å². The van der Waals surface area contributed by atoms with Crippen molar-refractivity contribution in [2.75, 3.05) is 5.32 Å². The van der Waals surface area contributed by atoms with Crippen LogP contribution in [0.15, 0.2) is 53.7 Å². The summed E-state index contributed by atoms with van der Waals surface area (Å²) in [4.78, 5) is 17.3. The van der Waals surface area contributed by atoms with Gasteiger partial charge >= 0.3 is 0 Å². The predicted molar refractivity (Wildman–Crippen MR) is 110 cm³/mol. The topological polar surface area (TPSA) is 46.9 Å². The van der Waals surface area contributed by atoms with Crippen molar-refractivity contribution in [3.8, 4) is 0 Å². The smallest absolute Gasteiger partial charge is 0.237 e. The fourth-order valence-corrected chi connectivity index (χ4v) is 3.73. The van der Waals surface area contributed by atoms with Crippen LogP contribution in [0.2, 0.25) is 5.02 Å². The van der Waals surface area contributed by atoms with Crippen molar-refractivity contribution in [3.05, 3.63) is 53.6 Å². The maximum absolute atomic E-state index is 12.5. The number of hydrogen-bond donors (Lipinski definition) is 1. The first-order chi connectivity index (χ1) is 12.4. The number of benzene rings is 2. The molecule has 1 amide bonds. The first-order valence-electron chi connectivity index (χ1n) is 8.62. The molecular weight excluding hydrogens is 366 g/mol. The van der Waals surface area contributed by atoms with E-state index < -0.39 is 0 Å². The van der Waals surface area contributed by atoms with Crippen LogP contribution in [0.3, 0.4) is 0 Å². The largest absolute Gasteiger partial charge is 0.325 e. The summed E-state index contributed by atoms with van der Waals surface area (Å²) in [6.45, 7) is 7.13. The molecule has 0 aliphatic heterocycles. The molecule has 0 saturated carbocycles. The standard InChI is InChI=1S/C20H22ClN3OS/c1-13(2)12-24-18-7-5-4-6-17(18)23-20(24)26-14(3)19(25)22-16-10-8-15(21)9-11-16/h4-11,13-14H,12H2,1-3H3,(H,22,25)/t14-/m0/s1. The second-order valence-electron chi connectivity index (χ2n) is 6.64. The van der Waals surface area contributed by atoms with Crippen LogP contribution in [0.4, 0.5) is 5.69 Å². The lowest BCUT2D eigenvalue weighted by atomic mass is 10.2. The van der Waals surface area contributed by atoms with Gasteiger partial charge in [0.1, 0.15) is 0 Å². The Morgan fingerprint density at radius 2 is 1.85 bits per heavy atom. The highest BCUT2D eigenvalue weighted by Crippen LogP contribution is 2.28. The van der Waals surface area contributed by atoms with Crippen LogP contribution in [0, 0.1) is 5.92 Å². The minimum Gasteiger partial charge on any atom is -0.325 e. The monoisotopic (exact) mass is 387 g/mol. The number of carbonyl (C=O) groups excluding carboxylic acids is 1. The second kappa shape index (κ2) is 8.14. The average Bonchev–Trinajstić information content (AvgIpc) is 2.94. The Labute approximate surface area is 163 Å². The highest BCUT2D eigenvalue weighted by atomic mass is 35.5. The van der Waals surface area contributed by atoms with E-state index in [-0.39, 0.29) is 11.2 Å². The molecule has 3 rings (SSSR count). The number of carbonyl (C=O) groups is 1. The molecule has 1 heterocycles. The van der Waals surface area contributed by atoms with E-state index >= 15 is 0 Å². The number of anilines is 1. The second-order valence-corrected chi connectivity index (χ2v) is 8.39. The fraction of sp³-hybridized carbons (Fsp3) is 0.300. The van der Waals surface area contributed by atoms with Crippen molar-refractivity contribution in [2.45, 2.75) is 37.7 Å². The first kappa shape index (κ1) is 18.8. The van der Waals surface area contributed by atoms with Crippen molar-refractivity contribution in [2.24, 2.45) is 5.92 Å². The van der Waals surface area contributed by atoms with Crippen LogP contribution in [-0.4, -0.2) is 20.7 Å². The number of nitrogens with one attached hydrogen (secondary N) is 1. The summed E-state index contributed by atoms with van der Waals surface area (Å²) >= 11 is 7.37. The van der Waals surface area contributed by atoms with Crippen molar-refractivity contribution in [1.29, 1.82) is 0 Å². The van der Waals surface area contributed by atoms with E-state index in [1.165, 1.54) is 11.8 Å². The molecule has 136 valence electrons. The van der Waals surface area contributed by atoms with Crippen molar-refractivity contribution in [1.82, 2.24) is 9.55 Å². The third-order valence-corrected chi connectivity index (χ3v) is 5.27. The Hall–Kier alpha value is -1.98. The molecule has 6 heteroatoms. The zero-order valence-corrected chi connectivity index (χ0v) is 16.6. The van der Waals surface area contributed by atoms with E-state index in [9.17, 15) is 4.79 Å². The third-order valence-electron chi connectivity index (χ3n) is 3.93. The summed E-state index contributed by atoms with van der Waals surface area (Å²) in [6.07, 6.45) is 0. The van der Waals surface area contributed by atoms with Crippen molar-refractivity contribution >= 4 is 46.0 Å². The van der Waals surface area contributed by atoms with E-state index in [0.717, 1.165) is 28.4 Å². The van der Waals surface area contributed by atoms with E-state index in [1.807, 2.05) is 25.1 Å². The van der Waals surface area contributed by atoms with Gasteiger partial charge in [0.15, 0.2) is 5.16 Å². The van der Waals surface area contributed by atoms with Crippen molar-refractivity contribution in [3.63, 3.8) is 0 Å². The summed E-state index contributed by atoms with van der Waals surface area (Å²) in [7, 11) is 0. The highest BCUT2D eigenvalue weighted by molar-refractivity contribution is 8.00. The van der Waals surface area contributed by atoms with Crippen LogP contribution < -0.4 is 5.32 Å². The highest BCUT2D eigenvalue weighted by Gasteiger charge is 2.20. The molecule has 0 aliphatic carbocycles. The minimum absolute atomic E-state index is 0.0551. The molecule has 0 saturated heterocycles. The van der Waals surface area contributed by atoms with Gasteiger partial charge in [-0.15, -0.1) is 0 Å². The Bertz CT molecular complexity index is 905. The maximum Gasteiger partial charge on any atom is 0.237 e. The predicted octanol–water partition coefficient (Wildman–Crippen LogP) is 5.47. The van der Waals surface area contributed by atoms with Gasteiger partial charge in [-0.3, -0.25) is 4.79 Å². The Kier molecular flexibility index (Phi) is 5.89. The number of thioether (sulfide) groups is 1. The minimum atomic E-state index is -0.270. The number of amides is 1. The summed E-state index contributed by atoms with van der Waals surface area (Å²) in [5.41, 5.74) is 2.80. The number of aromatic nitrogens is 2.